The lowest BCUT2D eigenvalue weighted by molar-refractivity contribution is 0.206. The average molecular weight is 406 g/mol. The van der Waals surface area contributed by atoms with Crippen LogP contribution in [0.25, 0.3) is 11.1 Å². The summed E-state index contributed by atoms with van der Waals surface area (Å²) in [5, 5.41) is 9.81. The highest BCUT2D eigenvalue weighted by Gasteiger charge is 2.27. The molecule has 0 bridgehead atoms. The molecule has 30 heavy (non-hydrogen) atoms. The summed E-state index contributed by atoms with van der Waals surface area (Å²) in [6, 6.07) is 13.4. The van der Waals surface area contributed by atoms with Gasteiger partial charge in [-0.05, 0) is 54.2 Å². The van der Waals surface area contributed by atoms with E-state index in [2.05, 4.69) is 15.5 Å². The van der Waals surface area contributed by atoms with E-state index in [1.54, 1.807) is 20.4 Å². The number of aromatic nitrogens is 2. The molecule has 7 nitrogen and oxygen atoms in total. The summed E-state index contributed by atoms with van der Waals surface area (Å²) in [4.78, 5) is 15.0. The van der Waals surface area contributed by atoms with Gasteiger partial charge in [-0.3, -0.25) is 5.10 Å². The topological polar surface area (TPSA) is 79.5 Å². The second kappa shape index (κ2) is 8.90. The number of nitrogens with zero attached hydrogens (tertiary/aromatic N) is 2. The molecule has 3 aromatic rings. The van der Waals surface area contributed by atoms with Crippen LogP contribution in [0.4, 0.5) is 10.5 Å². The summed E-state index contributed by atoms with van der Waals surface area (Å²) >= 11 is 0. The van der Waals surface area contributed by atoms with Crippen LogP contribution in [0, 0.1) is 5.92 Å². The molecule has 4 rings (SSSR count). The standard InChI is InChI=1S/C23H26N4O3/c1-29-20-5-3-4-17(10-20)15-27(14-16-6-7-16)23(28)26-21-9-8-18(11-22(21)30-2)19-12-24-25-13-19/h3-5,8-13,16H,6-7,14-15H2,1-2H3,(H,24,25)(H,26,28). The fourth-order valence-corrected chi connectivity index (χ4v) is 3.40. The van der Waals surface area contributed by atoms with E-state index in [-0.39, 0.29) is 6.03 Å². The maximum Gasteiger partial charge on any atom is 0.322 e. The molecule has 0 spiro atoms. The van der Waals surface area contributed by atoms with Gasteiger partial charge in [0.05, 0.1) is 26.1 Å². The molecule has 2 N–H and O–H groups in total. The predicted octanol–water partition coefficient (Wildman–Crippen LogP) is 4.54. The summed E-state index contributed by atoms with van der Waals surface area (Å²) in [6.07, 6.45) is 5.91. The number of aromatic amines is 1. The zero-order valence-electron chi connectivity index (χ0n) is 17.2. The van der Waals surface area contributed by atoms with E-state index >= 15 is 0 Å². The van der Waals surface area contributed by atoms with Crippen LogP contribution in [0.5, 0.6) is 11.5 Å². The zero-order valence-corrected chi connectivity index (χ0v) is 17.2. The first-order valence-electron chi connectivity index (χ1n) is 10.0. The van der Waals surface area contributed by atoms with Gasteiger partial charge in [-0.25, -0.2) is 4.79 Å². The van der Waals surface area contributed by atoms with Crippen LogP contribution in [0.15, 0.2) is 54.9 Å². The molecule has 0 atom stereocenters. The number of rotatable bonds is 8. The minimum absolute atomic E-state index is 0.140. The van der Waals surface area contributed by atoms with E-state index in [0.717, 1.165) is 29.0 Å². The van der Waals surface area contributed by atoms with Crippen molar-refractivity contribution >= 4 is 11.7 Å². The number of amides is 2. The van der Waals surface area contributed by atoms with Crippen LogP contribution in [-0.2, 0) is 6.54 Å². The van der Waals surface area contributed by atoms with Crippen molar-refractivity contribution in [2.24, 2.45) is 5.92 Å². The van der Waals surface area contributed by atoms with Gasteiger partial charge < -0.3 is 19.7 Å². The number of methoxy groups -OCH3 is 2. The van der Waals surface area contributed by atoms with Gasteiger partial charge in [-0.2, -0.15) is 5.10 Å². The number of H-pyrrole nitrogens is 1. The zero-order chi connectivity index (χ0) is 20.9. The second-order valence-electron chi connectivity index (χ2n) is 7.51. The molecule has 156 valence electrons. The molecular weight excluding hydrogens is 380 g/mol. The fraction of sp³-hybridized carbons (Fsp3) is 0.304. The second-order valence-corrected chi connectivity index (χ2v) is 7.51. The Hall–Kier alpha value is -3.48. The third kappa shape index (κ3) is 4.74. The number of benzene rings is 2. The van der Waals surface area contributed by atoms with Gasteiger partial charge in [0.15, 0.2) is 0 Å². The van der Waals surface area contributed by atoms with Crippen LogP contribution in [0.1, 0.15) is 18.4 Å². The molecule has 1 fully saturated rings. The molecule has 0 unspecified atom stereocenters. The van der Waals surface area contributed by atoms with E-state index in [0.29, 0.717) is 23.9 Å². The summed E-state index contributed by atoms with van der Waals surface area (Å²) < 4.78 is 10.8. The van der Waals surface area contributed by atoms with E-state index in [9.17, 15) is 4.79 Å². The third-order valence-corrected chi connectivity index (χ3v) is 5.24. The Morgan fingerprint density at radius 3 is 2.73 bits per heavy atom. The Kier molecular flexibility index (Phi) is 5.88. The smallest absolute Gasteiger partial charge is 0.322 e. The normalized spacial score (nSPS) is 13.0. The summed E-state index contributed by atoms with van der Waals surface area (Å²) in [6.45, 7) is 1.26. The molecule has 1 heterocycles. The van der Waals surface area contributed by atoms with E-state index < -0.39 is 0 Å². The van der Waals surface area contributed by atoms with Gasteiger partial charge >= 0.3 is 6.03 Å². The SMILES string of the molecule is COc1cccc(CN(CC2CC2)C(=O)Nc2ccc(-c3cn[nH]c3)cc2OC)c1. The van der Waals surface area contributed by atoms with Gasteiger partial charge in [0, 0.05) is 24.8 Å². The Morgan fingerprint density at radius 1 is 1.17 bits per heavy atom. The molecule has 7 heteroatoms. The first-order chi connectivity index (χ1) is 14.7. The van der Waals surface area contributed by atoms with Gasteiger partial charge in [0.2, 0.25) is 0 Å². The Labute approximate surface area is 176 Å². The third-order valence-electron chi connectivity index (χ3n) is 5.24. The molecule has 0 radical (unpaired) electrons. The van der Waals surface area contributed by atoms with E-state index in [1.165, 1.54) is 12.8 Å². The molecule has 1 aliphatic rings. The monoisotopic (exact) mass is 406 g/mol. The lowest BCUT2D eigenvalue weighted by Crippen LogP contribution is -2.36. The van der Waals surface area contributed by atoms with Crippen molar-refractivity contribution < 1.29 is 14.3 Å². The Balaban J connectivity index is 1.51. The fourth-order valence-electron chi connectivity index (χ4n) is 3.40. The van der Waals surface area contributed by atoms with Crippen LogP contribution in [0.2, 0.25) is 0 Å². The van der Waals surface area contributed by atoms with Crippen molar-refractivity contribution in [3.05, 3.63) is 60.4 Å². The van der Waals surface area contributed by atoms with Crippen LogP contribution < -0.4 is 14.8 Å². The number of anilines is 1. The minimum atomic E-state index is -0.140. The van der Waals surface area contributed by atoms with Gasteiger partial charge in [0.25, 0.3) is 0 Å². The van der Waals surface area contributed by atoms with Crippen molar-refractivity contribution in [1.82, 2.24) is 15.1 Å². The number of nitrogens with one attached hydrogen (secondary N) is 2. The number of urea groups is 1. The number of hydrogen-bond acceptors (Lipinski definition) is 4. The van der Waals surface area contributed by atoms with Crippen LogP contribution in [-0.4, -0.2) is 41.9 Å². The molecule has 1 aliphatic carbocycles. The van der Waals surface area contributed by atoms with Crippen molar-refractivity contribution in [2.45, 2.75) is 19.4 Å². The van der Waals surface area contributed by atoms with Crippen LogP contribution in [0.3, 0.4) is 0 Å². The molecule has 0 saturated heterocycles. The lowest BCUT2D eigenvalue weighted by atomic mass is 10.1. The van der Waals surface area contributed by atoms with Crippen molar-refractivity contribution in [3.63, 3.8) is 0 Å². The number of carbonyl (C=O) groups excluding carboxylic acids is 1. The van der Waals surface area contributed by atoms with Crippen molar-refractivity contribution in [3.8, 4) is 22.6 Å². The van der Waals surface area contributed by atoms with Gasteiger partial charge in [-0.15, -0.1) is 0 Å². The Bertz CT molecular complexity index is 999. The molecule has 2 amide bonds. The highest BCUT2D eigenvalue weighted by atomic mass is 16.5. The highest BCUT2D eigenvalue weighted by Crippen LogP contribution is 2.33. The molecule has 1 saturated carbocycles. The summed E-state index contributed by atoms with van der Waals surface area (Å²) in [5.74, 6) is 1.97. The summed E-state index contributed by atoms with van der Waals surface area (Å²) in [7, 11) is 3.25. The predicted molar refractivity (Wildman–Crippen MR) is 116 cm³/mol. The van der Waals surface area contributed by atoms with Crippen LogP contribution >= 0.6 is 0 Å². The number of carbonyl (C=O) groups is 1. The molecular formula is C23H26N4O3. The maximum atomic E-state index is 13.1. The van der Waals surface area contributed by atoms with Gasteiger partial charge in [0.1, 0.15) is 11.5 Å². The summed E-state index contributed by atoms with van der Waals surface area (Å²) in [5.41, 5.74) is 3.60. The maximum absolute atomic E-state index is 13.1. The lowest BCUT2D eigenvalue weighted by Gasteiger charge is -2.24. The Morgan fingerprint density at radius 2 is 2.03 bits per heavy atom. The highest BCUT2D eigenvalue weighted by molar-refractivity contribution is 5.91. The van der Waals surface area contributed by atoms with E-state index in [1.807, 2.05) is 53.6 Å². The largest absolute Gasteiger partial charge is 0.497 e. The quantitative estimate of drug-likeness (QED) is 0.576. The number of ether oxygens (including phenoxy) is 2. The minimum Gasteiger partial charge on any atom is -0.497 e. The van der Waals surface area contributed by atoms with Gasteiger partial charge in [-0.1, -0.05) is 18.2 Å². The molecule has 1 aromatic heterocycles. The molecule has 0 aliphatic heterocycles. The van der Waals surface area contributed by atoms with Crippen molar-refractivity contribution in [2.75, 3.05) is 26.1 Å². The number of hydrogen-bond donors (Lipinski definition) is 2. The van der Waals surface area contributed by atoms with Crippen molar-refractivity contribution in [1.29, 1.82) is 0 Å². The average Bonchev–Trinajstić information content (AvgIpc) is 3.42. The molecule has 2 aromatic carbocycles. The van der Waals surface area contributed by atoms with E-state index in [4.69, 9.17) is 9.47 Å². The first kappa shape index (κ1) is 19.8. The first-order valence-corrected chi connectivity index (χ1v) is 10.0.